The van der Waals surface area contributed by atoms with Gasteiger partial charge >= 0.3 is 0 Å². The molecule has 2 N–H and O–H groups in total. The molecular weight excluding hydrogens is 282 g/mol. The predicted octanol–water partition coefficient (Wildman–Crippen LogP) is 1.71. The molecule has 0 aromatic heterocycles. The average molecular weight is 307 g/mol. The number of nitrogens with two attached hydrogens (primary N) is 1. The van der Waals surface area contributed by atoms with Crippen LogP contribution in [-0.4, -0.2) is 55.1 Å². The smallest absolute Gasteiger partial charge is 0.123 e. The van der Waals surface area contributed by atoms with Crippen molar-refractivity contribution in [2.45, 2.75) is 19.5 Å². The lowest BCUT2D eigenvalue weighted by Gasteiger charge is -2.23. The number of nitrogens with zero attached hydrogens (tertiary/aromatic N) is 2. The first-order valence-corrected chi connectivity index (χ1v) is 7.68. The van der Waals surface area contributed by atoms with E-state index in [2.05, 4.69) is 36.9 Å². The van der Waals surface area contributed by atoms with E-state index in [-0.39, 0.29) is 0 Å². The summed E-state index contributed by atoms with van der Waals surface area (Å²) in [7, 11) is 6.01. The third-order valence-electron chi connectivity index (χ3n) is 4.27. The second kappa shape index (κ2) is 6.73. The Bertz CT molecular complexity index is 518. The summed E-state index contributed by atoms with van der Waals surface area (Å²) in [5.74, 6) is 1.57. The fourth-order valence-corrected chi connectivity index (χ4v) is 3.27. The van der Waals surface area contributed by atoms with Crippen LogP contribution in [0, 0.1) is 5.92 Å². The highest BCUT2D eigenvalue weighted by atomic mass is 32.1. The fraction of sp³-hybridized carbons (Fsp3) is 0.562. The molecule has 2 rings (SSSR count). The zero-order valence-electron chi connectivity index (χ0n) is 13.3. The standard InChI is InChI=1S/C16H25N3OS/c1-11-8-19(10-14(11)18(2)3)9-13-7-12(16(17)21)5-6-15(13)20-4/h5-7,11,14H,8-10H2,1-4H3,(H2,17,21). The highest BCUT2D eigenvalue weighted by Gasteiger charge is 2.31. The van der Waals surface area contributed by atoms with E-state index in [1.165, 1.54) is 0 Å². The monoisotopic (exact) mass is 307 g/mol. The van der Waals surface area contributed by atoms with E-state index >= 15 is 0 Å². The maximum atomic E-state index is 5.74. The first-order valence-electron chi connectivity index (χ1n) is 7.28. The maximum Gasteiger partial charge on any atom is 0.123 e. The van der Waals surface area contributed by atoms with Gasteiger partial charge in [-0.3, -0.25) is 4.90 Å². The van der Waals surface area contributed by atoms with Crippen molar-refractivity contribution in [1.29, 1.82) is 0 Å². The summed E-state index contributed by atoms with van der Waals surface area (Å²) >= 11 is 5.07. The lowest BCUT2D eigenvalue weighted by atomic mass is 10.1. The molecule has 0 spiro atoms. The molecule has 0 aliphatic carbocycles. The van der Waals surface area contributed by atoms with E-state index < -0.39 is 0 Å². The molecule has 1 heterocycles. The molecule has 1 aliphatic rings. The van der Waals surface area contributed by atoms with E-state index in [0.29, 0.717) is 16.9 Å². The lowest BCUT2D eigenvalue weighted by molar-refractivity contribution is 0.249. The van der Waals surface area contributed by atoms with Gasteiger partial charge in [-0.15, -0.1) is 0 Å². The summed E-state index contributed by atoms with van der Waals surface area (Å²) in [6.45, 7) is 5.36. The molecule has 0 saturated carbocycles. The number of ether oxygens (including phenoxy) is 1. The Morgan fingerprint density at radius 2 is 2.14 bits per heavy atom. The van der Waals surface area contributed by atoms with Crippen LogP contribution in [0.15, 0.2) is 18.2 Å². The van der Waals surface area contributed by atoms with Gasteiger partial charge in [0.1, 0.15) is 10.7 Å². The van der Waals surface area contributed by atoms with Crippen LogP contribution in [0.2, 0.25) is 0 Å². The predicted molar refractivity (Wildman–Crippen MR) is 90.8 cm³/mol. The molecule has 0 bridgehead atoms. The van der Waals surface area contributed by atoms with E-state index in [1.807, 2.05) is 12.1 Å². The summed E-state index contributed by atoms with van der Waals surface area (Å²) in [6.07, 6.45) is 0. The molecule has 1 fully saturated rings. The minimum Gasteiger partial charge on any atom is -0.496 e. The van der Waals surface area contributed by atoms with Crippen molar-refractivity contribution < 1.29 is 4.74 Å². The highest BCUT2D eigenvalue weighted by Crippen LogP contribution is 2.26. The Morgan fingerprint density at radius 3 is 2.67 bits per heavy atom. The summed E-state index contributed by atoms with van der Waals surface area (Å²) in [5, 5.41) is 0. The number of likely N-dealkylation sites (tertiary alicyclic amines) is 1. The number of methoxy groups -OCH3 is 1. The summed E-state index contributed by atoms with van der Waals surface area (Å²) in [4.78, 5) is 5.21. The van der Waals surface area contributed by atoms with Crippen LogP contribution in [0.4, 0.5) is 0 Å². The van der Waals surface area contributed by atoms with Gasteiger partial charge in [0.2, 0.25) is 0 Å². The van der Waals surface area contributed by atoms with Crippen LogP contribution in [-0.2, 0) is 6.54 Å². The maximum absolute atomic E-state index is 5.74. The third-order valence-corrected chi connectivity index (χ3v) is 4.51. The van der Waals surface area contributed by atoms with Crippen LogP contribution >= 0.6 is 12.2 Å². The topological polar surface area (TPSA) is 41.7 Å². The second-order valence-corrected chi connectivity index (χ2v) is 6.53. The number of benzene rings is 1. The van der Waals surface area contributed by atoms with Gasteiger partial charge in [0.25, 0.3) is 0 Å². The molecule has 0 radical (unpaired) electrons. The van der Waals surface area contributed by atoms with Crippen molar-refractivity contribution in [1.82, 2.24) is 9.80 Å². The number of thiocarbonyl (C=S) groups is 1. The van der Waals surface area contributed by atoms with Crippen molar-refractivity contribution in [2.75, 3.05) is 34.3 Å². The van der Waals surface area contributed by atoms with E-state index in [1.54, 1.807) is 7.11 Å². The molecule has 116 valence electrons. The van der Waals surface area contributed by atoms with Crippen molar-refractivity contribution >= 4 is 17.2 Å². The largest absolute Gasteiger partial charge is 0.496 e. The van der Waals surface area contributed by atoms with Crippen molar-refractivity contribution in [2.24, 2.45) is 11.7 Å². The number of hydrogen-bond donors (Lipinski definition) is 1. The van der Waals surface area contributed by atoms with Gasteiger partial charge in [0, 0.05) is 36.8 Å². The molecule has 0 amide bonds. The Morgan fingerprint density at radius 1 is 1.43 bits per heavy atom. The first-order chi connectivity index (χ1) is 9.92. The van der Waals surface area contributed by atoms with Crippen LogP contribution in [0.25, 0.3) is 0 Å². The van der Waals surface area contributed by atoms with Crippen LogP contribution in [0.5, 0.6) is 5.75 Å². The number of rotatable bonds is 5. The van der Waals surface area contributed by atoms with Crippen molar-refractivity contribution in [3.63, 3.8) is 0 Å². The number of hydrogen-bond acceptors (Lipinski definition) is 4. The minimum atomic E-state index is 0.430. The molecule has 1 saturated heterocycles. The molecular formula is C16H25N3OS. The Balaban J connectivity index is 2.15. The van der Waals surface area contributed by atoms with Crippen molar-refractivity contribution in [3.05, 3.63) is 29.3 Å². The van der Waals surface area contributed by atoms with Gasteiger partial charge in [0.15, 0.2) is 0 Å². The van der Waals surface area contributed by atoms with Crippen LogP contribution in [0.3, 0.4) is 0 Å². The fourth-order valence-electron chi connectivity index (χ4n) is 3.15. The SMILES string of the molecule is COc1ccc(C(N)=S)cc1CN1CC(C)C(N(C)C)C1. The zero-order valence-corrected chi connectivity index (χ0v) is 14.1. The molecule has 1 aromatic rings. The summed E-state index contributed by atoms with van der Waals surface area (Å²) in [5.41, 5.74) is 7.78. The summed E-state index contributed by atoms with van der Waals surface area (Å²) in [6, 6.07) is 6.52. The van der Waals surface area contributed by atoms with Gasteiger partial charge in [0.05, 0.1) is 7.11 Å². The minimum absolute atomic E-state index is 0.430. The average Bonchev–Trinajstić information content (AvgIpc) is 2.79. The van der Waals surface area contributed by atoms with Crippen LogP contribution in [0.1, 0.15) is 18.1 Å². The van der Waals surface area contributed by atoms with Gasteiger partial charge in [-0.25, -0.2) is 0 Å². The molecule has 4 nitrogen and oxygen atoms in total. The Kier molecular flexibility index (Phi) is 5.19. The number of likely N-dealkylation sites (N-methyl/N-ethyl adjacent to an activating group) is 1. The van der Waals surface area contributed by atoms with E-state index in [9.17, 15) is 0 Å². The Hall–Kier alpha value is -1.17. The second-order valence-electron chi connectivity index (χ2n) is 6.09. The molecule has 1 aromatic carbocycles. The molecule has 2 atom stereocenters. The van der Waals surface area contributed by atoms with Gasteiger partial charge in [-0.2, -0.15) is 0 Å². The molecule has 5 heteroatoms. The Labute approximate surface area is 132 Å². The molecule has 21 heavy (non-hydrogen) atoms. The van der Waals surface area contributed by atoms with Crippen molar-refractivity contribution in [3.8, 4) is 5.75 Å². The van der Waals surface area contributed by atoms with Gasteiger partial charge < -0.3 is 15.4 Å². The lowest BCUT2D eigenvalue weighted by Crippen LogP contribution is -2.34. The third kappa shape index (κ3) is 3.73. The van der Waals surface area contributed by atoms with E-state index in [4.69, 9.17) is 22.7 Å². The highest BCUT2D eigenvalue weighted by molar-refractivity contribution is 7.80. The van der Waals surface area contributed by atoms with E-state index in [0.717, 1.165) is 36.5 Å². The van der Waals surface area contributed by atoms with Gasteiger partial charge in [-0.05, 0) is 38.2 Å². The van der Waals surface area contributed by atoms with Gasteiger partial charge in [-0.1, -0.05) is 19.1 Å². The normalized spacial score (nSPS) is 22.7. The quantitative estimate of drug-likeness (QED) is 0.839. The first kappa shape index (κ1) is 16.2. The summed E-state index contributed by atoms with van der Waals surface area (Å²) < 4.78 is 5.47. The molecule has 2 unspecified atom stereocenters. The molecule has 1 aliphatic heterocycles. The zero-order chi connectivity index (χ0) is 15.6. The van der Waals surface area contributed by atoms with Crippen LogP contribution < -0.4 is 10.5 Å².